The van der Waals surface area contributed by atoms with Crippen molar-refractivity contribution in [3.63, 3.8) is 0 Å². The molecule has 0 saturated carbocycles. The molecule has 12 N–H and O–H groups in total. The number of hydrogen-bond acceptors (Lipinski definition) is 18. The van der Waals surface area contributed by atoms with Gasteiger partial charge in [0.1, 0.15) is 73.2 Å². The van der Waals surface area contributed by atoms with Crippen LogP contribution in [-0.4, -0.2) is 193 Å². The molecule has 0 aromatic carbocycles. The van der Waals surface area contributed by atoms with E-state index in [9.17, 15) is 61.0 Å². The van der Waals surface area contributed by atoms with Crippen LogP contribution < -0.4 is 5.32 Å². The predicted molar refractivity (Wildman–Crippen MR) is 355 cm³/mol. The zero-order valence-corrected chi connectivity index (χ0v) is 56.1. The number of amides is 1. The van der Waals surface area contributed by atoms with Crippen LogP contribution in [0.25, 0.3) is 0 Å². The monoisotopic (exact) mass is 1300 g/mol. The molecule has 0 aliphatic carbocycles. The van der Waals surface area contributed by atoms with E-state index in [1.165, 1.54) is 173 Å². The molecule has 530 valence electrons. The van der Waals surface area contributed by atoms with E-state index in [1.54, 1.807) is 6.08 Å². The number of allylic oxidation sites excluding steroid dienone is 9. The smallest absolute Gasteiger partial charge is 0.220 e. The summed E-state index contributed by atoms with van der Waals surface area (Å²) in [4.78, 5) is 13.4. The molecule has 19 heteroatoms. The highest BCUT2D eigenvalue weighted by Crippen LogP contribution is 2.33. The van der Waals surface area contributed by atoms with Gasteiger partial charge < -0.3 is 89.9 Å². The van der Waals surface area contributed by atoms with Crippen molar-refractivity contribution in [3.05, 3.63) is 60.8 Å². The minimum atomic E-state index is -1.98. The lowest BCUT2D eigenvalue weighted by atomic mass is 9.96. The Hall–Kier alpha value is -2.51. The van der Waals surface area contributed by atoms with E-state index in [2.05, 4.69) is 67.8 Å². The molecule has 3 fully saturated rings. The lowest BCUT2D eigenvalue weighted by molar-refractivity contribution is -0.379. The van der Waals surface area contributed by atoms with Crippen LogP contribution in [0, 0.1) is 0 Å². The summed E-state index contributed by atoms with van der Waals surface area (Å²) in [6.07, 6.45) is 39.4. The van der Waals surface area contributed by atoms with E-state index >= 15 is 0 Å². The Labute approximate surface area is 547 Å². The van der Waals surface area contributed by atoms with Gasteiger partial charge in [-0.2, -0.15) is 0 Å². The van der Waals surface area contributed by atoms with Crippen molar-refractivity contribution in [2.45, 2.75) is 362 Å². The number of unbranched alkanes of at least 4 members (excludes halogenated alkanes) is 31. The Morgan fingerprint density at radius 1 is 0.396 bits per heavy atom. The van der Waals surface area contributed by atoms with Gasteiger partial charge in [-0.05, 0) is 70.6 Å². The highest BCUT2D eigenvalue weighted by atomic mass is 16.8. The van der Waals surface area contributed by atoms with Crippen molar-refractivity contribution in [2.75, 3.05) is 26.4 Å². The van der Waals surface area contributed by atoms with Crippen LogP contribution in [0.15, 0.2) is 60.8 Å². The maximum absolute atomic E-state index is 13.4. The standard InChI is InChI=1S/C72H129NO18/c1-3-5-7-9-11-13-15-17-18-19-20-21-22-23-24-25-26-27-28-29-30-31-32-33-34-35-36-38-40-42-44-46-48-50-60(78)73-55(56(77)49-47-45-43-41-39-37-16-14-12-10-8-6-4-2)54-86-70-66(84)63(81)68(58(52-75)88-70)91-72-67(85)64(82)69(59(53-76)89-72)90-71-65(83)62(80)61(79)57(51-74)87-71/h15,17,19-20,22-23,39,41,47,49,55-59,61-72,74-77,79-85H,3-14,16,18,21,24-38,40,42-46,48,50-54H2,1-2H3,(H,73,78)/b17-15-,20-19-,23-22-,41-39+,49-47+. The largest absolute Gasteiger partial charge is 0.394 e. The Kier molecular flexibility index (Phi) is 48.7. The third kappa shape index (κ3) is 35.4. The fraction of sp³-hybridized carbons (Fsp3) is 0.847. The number of nitrogens with one attached hydrogen (secondary N) is 1. The van der Waals surface area contributed by atoms with E-state index in [0.29, 0.717) is 12.8 Å². The summed E-state index contributed by atoms with van der Waals surface area (Å²) in [6, 6.07) is -0.990. The van der Waals surface area contributed by atoms with Crippen molar-refractivity contribution < 1.29 is 89.4 Å². The van der Waals surface area contributed by atoms with Gasteiger partial charge >= 0.3 is 0 Å². The number of carbonyl (C=O) groups excluding carboxylic acids is 1. The molecule has 0 aromatic heterocycles. The maximum Gasteiger partial charge on any atom is 0.220 e. The minimum Gasteiger partial charge on any atom is -0.394 e. The van der Waals surface area contributed by atoms with E-state index in [1.807, 2.05) is 6.08 Å². The first-order chi connectivity index (χ1) is 44.3. The Morgan fingerprint density at radius 2 is 0.736 bits per heavy atom. The summed E-state index contributed by atoms with van der Waals surface area (Å²) in [5, 5.41) is 120. The number of hydrogen-bond donors (Lipinski definition) is 12. The molecule has 0 spiro atoms. The van der Waals surface area contributed by atoms with Crippen LogP contribution >= 0.6 is 0 Å². The molecule has 3 saturated heterocycles. The highest BCUT2D eigenvalue weighted by molar-refractivity contribution is 5.76. The molecule has 1 amide bonds. The molecule has 3 rings (SSSR count). The predicted octanol–water partition coefficient (Wildman–Crippen LogP) is 9.94. The van der Waals surface area contributed by atoms with Crippen LogP contribution in [0.4, 0.5) is 0 Å². The number of aliphatic hydroxyl groups is 11. The van der Waals surface area contributed by atoms with Crippen LogP contribution in [-0.2, 0) is 33.2 Å². The summed E-state index contributed by atoms with van der Waals surface area (Å²) in [5.41, 5.74) is 0. The van der Waals surface area contributed by atoms with Crippen molar-refractivity contribution in [1.82, 2.24) is 5.32 Å². The van der Waals surface area contributed by atoms with Gasteiger partial charge in [0.2, 0.25) is 5.91 Å². The fourth-order valence-corrected chi connectivity index (χ4v) is 11.9. The van der Waals surface area contributed by atoms with Gasteiger partial charge in [0.15, 0.2) is 18.9 Å². The molecule has 17 atom stereocenters. The average Bonchev–Trinajstić information content (AvgIpc) is 0.871. The molecule has 3 heterocycles. The van der Waals surface area contributed by atoms with Crippen molar-refractivity contribution in [2.24, 2.45) is 0 Å². The SMILES string of the molecule is CCCCCCC/C=C\C/C=C\C/C=C\CCCCCCCCCCCCCCCCCCCCC(=O)NC(COC1OC(CO)C(OC2OC(CO)C(OC3OC(CO)C(O)C(O)C3O)C(O)C2O)C(O)C1O)C(O)/C=C/CC/C=C/CCCCCCCCC. The first kappa shape index (κ1) is 82.7. The zero-order chi connectivity index (χ0) is 66.1. The van der Waals surface area contributed by atoms with Gasteiger partial charge in [0.25, 0.3) is 0 Å². The summed E-state index contributed by atoms with van der Waals surface area (Å²) < 4.78 is 34.3. The summed E-state index contributed by atoms with van der Waals surface area (Å²) in [5.74, 6) is -0.285. The number of aliphatic hydroxyl groups excluding tert-OH is 11. The molecule has 3 aliphatic heterocycles. The lowest BCUT2D eigenvalue weighted by Crippen LogP contribution is -2.66. The zero-order valence-electron chi connectivity index (χ0n) is 56.1. The van der Waals surface area contributed by atoms with Crippen LogP contribution in [0.3, 0.4) is 0 Å². The topological polar surface area (TPSA) is 307 Å². The van der Waals surface area contributed by atoms with Gasteiger partial charge in [-0.15, -0.1) is 0 Å². The molecule has 0 aromatic rings. The Bertz CT molecular complexity index is 1890. The minimum absolute atomic E-state index is 0.235. The fourth-order valence-electron chi connectivity index (χ4n) is 11.9. The van der Waals surface area contributed by atoms with E-state index < -0.39 is 124 Å². The summed E-state index contributed by atoms with van der Waals surface area (Å²) in [6.45, 7) is 1.69. The van der Waals surface area contributed by atoms with E-state index in [0.717, 1.165) is 51.4 Å². The third-order valence-corrected chi connectivity index (χ3v) is 17.8. The van der Waals surface area contributed by atoms with Gasteiger partial charge in [0, 0.05) is 6.42 Å². The molecule has 91 heavy (non-hydrogen) atoms. The highest BCUT2D eigenvalue weighted by Gasteiger charge is 2.53. The molecule has 0 radical (unpaired) electrons. The Morgan fingerprint density at radius 3 is 1.18 bits per heavy atom. The van der Waals surface area contributed by atoms with Crippen molar-refractivity contribution >= 4 is 5.91 Å². The molecule has 0 bridgehead atoms. The first-order valence-corrected chi connectivity index (χ1v) is 36.0. The van der Waals surface area contributed by atoms with Crippen molar-refractivity contribution in [1.29, 1.82) is 0 Å². The second-order valence-corrected chi connectivity index (χ2v) is 25.7. The average molecular weight is 1300 g/mol. The number of ether oxygens (including phenoxy) is 6. The molecule has 19 nitrogen and oxygen atoms in total. The van der Waals surface area contributed by atoms with Gasteiger partial charge in [-0.25, -0.2) is 0 Å². The molecule has 3 aliphatic rings. The number of carbonyl (C=O) groups is 1. The summed E-state index contributed by atoms with van der Waals surface area (Å²) in [7, 11) is 0. The van der Waals surface area contributed by atoms with E-state index in [-0.39, 0.29) is 18.9 Å². The van der Waals surface area contributed by atoms with Crippen LogP contribution in [0.2, 0.25) is 0 Å². The van der Waals surface area contributed by atoms with Gasteiger partial charge in [-0.3, -0.25) is 4.79 Å². The normalized spacial score (nSPS) is 28.2. The first-order valence-electron chi connectivity index (χ1n) is 36.0. The third-order valence-electron chi connectivity index (χ3n) is 17.8. The molecular formula is C72H129NO18. The van der Waals surface area contributed by atoms with Gasteiger partial charge in [0.05, 0.1) is 38.6 Å². The second kappa shape index (κ2) is 53.6. The van der Waals surface area contributed by atoms with E-state index in [4.69, 9.17) is 28.4 Å². The number of rotatable bonds is 55. The van der Waals surface area contributed by atoms with Crippen LogP contribution in [0.1, 0.15) is 258 Å². The second-order valence-electron chi connectivity index (χ2n) is 25.7. The Balaban J connectivity index is 1.35. The van der Waals surface area contributed by atoms with Crippen LogP contribution in [0.5, 0.6) is 0 Å². The van der Waals surface area contributed by atoms with Gasteiger partial charge in [-0.1, -0.05) is 242 Å². The lowest BCUT2D eigenvalue weighted by Gasteiger charge is -2.48. The van der Waals surface area contributed by atoms with Crippen molar-refractivity contribution in [3.8, 4) is 0 Å². The molecule has 17 unspecified atom stereocenters. The maximum atomic E-state index is 13.4. The molecular weight excluding hydrogens is 1170 g/mol. The quantitative estimate of drug-likeness (QED) is 0.0199. The summed E-state index contributed by atoms with van der Waals surface area (Å²) >= 11 is 0.